The van der Waals surface area contributed by atoms with Crippen molar-refractivity contribution in [2.75, 3.05) is 6.54 Å². The lowest BCUT2D eigenvalue weighted by atomic mass is 9.98. The van der Waals surface area contributed by atoms with E-state index in [1.54, 1.807) is 11.4 Å². The summed E-state index contributed by atoms with van der Waals surface area (Å²) in [5.41, 5.74) is 13.4. The summed E-state index contributed by atoms with van der Waals surface area (Å²) in [5, 5.41) is 4.71. The topological polar surface area (TPSA) is 95.1 Å². The van der Waals surface area contributed by atoms with Crippen LogP contribution in [0.5, 0.6) is 0 Å². The Morgan fingerprint density at radius 1 is 1.17 bits per heavy atom. The molecule has 1 unspecified atom stereocenters. The molecule has 0 fully saturated rings. The summed E-state index contributed by atoms with van der Waals surface area (Å²) in [5.74, 6) is 0.233. The Balaban J connectivity index is 2.34. The van der Waals surface area contributed by atoms with E-state index in [1.165, 1.54) is 0 Å². The van der Waals surface area contributed by atoms with Gasteiger partial charge in [-0.05, 0) is 32.8 Å². The van der Waals surface area contributed by atoms with Gasteiger partial charge in [-0.15, -0.1) is 11.3 Å². The average molecular weight is 427 g/mol. The van der Waals surface area contributed by atoms with Crippen LogP contribution in [0.3, 0.4) is 0 Å². The van der Waals surface area contributed by atoms with Gasteiger partial charge in [0.2, 0.25) is 0 Å². The number of nitrogens with zero attached hydrogens (tertiary/aromatic N) is 4. The second kappa shape index (κ2) is 8.00. The Morgan fingerprint density at radius 2 is 1.83 bits per heavy atom. The predicted molar refractivity (Wildman–Crippen MR) is 108 cm³/mol. The number of alkyl halides is 3. The van der Waals surface area contributed by atoms with Gasteiger partial charge in [0.15, 0.2) is 11.3 Å². The maximum absolute atomic E-state index is 13.8. The first-order valence-electron chi connectivity index (χ1n) is 9.53. The Hall–Kier alpha value is -2.04. The fourth-order valence-electron chi connectivity index (χ4n) is 3.49. The third-order valence-electron chi connectivity index (χ3n) is 5.03. The van der Waals surface area contributed by atoms with Gasteiger partial charge in [0.25, 0.3) is 0 Å². The second-order valence-electron chi connectivity index (χ2n) is 7.10. The highest BCUT2D eigenvalue weighted by molar-refractivity contribution is 7.15. The third-order valence-corrected chi connectivity index (χ3v) is 6.24. The summed E-state index contributed by atoms with van der Waals surface area (Å²) >= 11 is 0.908. The van der Waals surface area contributed by atoms with Crippen LogP contribution in [0.15, 0.2) is 6.07 Å². The van der Waals surface area contributed by atoms with Gasteiger partial charge in [0.1, 0.15) is 5.01 Å². The van der Waals surface area contributed by atoms with Crippen LogP contribution in [0.1, 0.15) is 66.4 Å². The molecule has 3 aromatic rings. The smallest absolute Gasteiger partial charge is 0.329 e. The largest absolute Gasteiger partial charge is 0.434 e. The van der Waals surface area contributed by atoms with E-state index in [0.29, 0.717) is 16.9 Å². The van der Waals surface area contributed by atoms with Gasteiger partial charge < -0.3 is 11.5 Å². The summed E-state index contributed by atoms with van der Waals surface area (Å²) < 4.78 is 43.0. The highest BCUT2D eigenvalue weighted by Gasteiger charge is 2.40. The molecule has 0 spiro atoms. The van der Waals surface area contributed by atoms with Crippen LogP contribution in [0, 0.1) is 13.8 Å². The van der Waals surface area contributed by atoms with Gasteiger partial charge in [0, 0.05) is 23.9 Å². The SMILES string of the molecule is CCC(CC)c1cc(C)nc2c(-c3sc(C(N)CN)nc3C(F)(F)F)c(C)nn12. The van der Waals surface area contributed by atoms with E-state index in [1.807, 2.05) is 13.0 Å². The van der Waals surface area contributed by atoms with Crippen LogP contribution in [0.2, 0.25) is 0 Å². The molecular formula is C19H25F3N6S. The number of aryl methyl sites for hydroxylation is 2. The van der Waals surface area contributed by atoms with Crippen LogP contribution in [0.4, 0.5) is 13.2 Å². The molecule has 6 nitrogen and oxygen atoms in total. The van der Waals surface area contributed by atoms with E-state index < -0.39 is 17.9 Å². The molecule has 0 bridgehead atoms. The Morgan fingerprint density at radius 3 is 2.38 bits per heavy atom. The molecule has 4 N–H and O–H groups in total. The monoisotopic (exact) mass is 426 g/mol. The molecule has 0 saturated carbocycles. The fourth-order valence-corrected chi connectivity index (χ4v) is 4.69. The summed E-state index contributed by atoms with van der Waals surface area (Å²) in [4.78, 5) is 8.31. The lowest BCUT2D eigenvalue weighted by molar-refractivity contribution is -0.140. The molecule has 10 heteroatoms. The van der Waals surface area contributed by atoms with Gasteiger partial charge in [-0.2, -0.15) is 18.3 Å². The molecular weight excluding hydrogens is 401 g/mol. The second-order valence-corrected chi connectivity index (χ2v) is 8.13. The average Bonchev–Trinajstić information content (AvgIpc) is 3.22. The van der Waals surface area contributed by atoms with Gasteiger partial charge in [0.05, 0.1) is 22.2 Å². The van der Waals surface area contributed by atoms with Crippen LogP contribution in [-0.2, 0) is 6.18 Å². The molecule has 3 aromatic heterocycles. The molecule has 0 amide bonds. The van der Waals surface area contributed by atoms with Crippen molar-refractivity contribution in [2.24, 2.45) is 11.5 Å². The highest BCUT2D eigenvalue weighted by atomic mass is 32.1. The van der Waals surface area contributed by atoms with Crippen molar-refractivity contribution in [1.29, 1.82) is 0 Å². The van der Waals surface area contributed by atoms with Crippen molar-refractivity contribution in [3.05, 3.63) is 33.8 Å². The van der Waals surface area contributed by atoms with E-state index in [4.69, 9.17) is 11.5 Å². The highest BCUT2D eigenvalue weighted by Crippen LogP contribution is 2.44. The fraction of sp³-hybridized carbons (Fsp3) is 0.526. The number of aromatic nitrogens is 4. The number of halogens is 3. The zero-order valence-corrected chi connectivity index (χ0v) is 17.7. The van der Waals surface area contributed by atoms with Crippen molar-refractivity contribution in [1.82, 2.24) is 19.6 Å². The summed E-state index contributed by atoms with van der Waals surface area (Å²) in [7, 11) is 0. The van der Waals surface area contributed by atoms with Gasteiger partial charge in [-0.25, -0.2) is 14.5 Å². The van der Waals surface area contributed by atoms with E-state index in [-0.39, 0.29) is 22.3 Å². The lowest BCUT2D eigenvalue weighted by Crippen LogP contribution is -2.20. The van der Waals surface area contributed by atoms with Crippen molar-refractivity contribution >= 4 is 17.0 Å². The molecule has 1 atom stereocenters. The van der Waals surface area contributed by atoms with Crippen LogP contribution in [-0.4, -0.2) is 26.1 Å². The minimum atomic E-state index is -4.62. The number of hydrogen-bond acceptors (Lipinski definition) is 6. The molecule has 3 heterocycles. The van der Waals surface area contributed by atoms with Gasteiger partial charge in [-0.1, -0.05) is 13.8 Å². The molecule has 0 saturated heterocycles. The summed E-state index contributed by atoms with van der Waals surface area (Å²) in [6.45, 7) is 7.70. The van der Waals surface area contributed by atoms with Crippen molar-refractivity contribution in [3.8, 4) is 10.4 Å². The quantitative estimate of drug-likeness (QED) is 0.611. The standard InChI is InChI=1S/C19H25F3N6S/c1-5-11(6-2)13-7-9(3)25-17-14(10(4)27-28(13)17)15-16(19(20,21)22)26-18(29-15)12(24)8-23/h7,11-12H,5-6,8,23-24H2,1-4H3. The Kier molecular flexibility index (Phi) is 5.98. The minimum Gasteiger partial charge on any atom is -0.329 e. The normalized spacial score (nSPS) is 13.6. The van der Waals surface area contributed by atoms with Crippen molar-refractivity contribution in [2.45, 2.75) is 58.7 Å². The van der Waals surface area contributed by atoms with Crippen LogP contribution in [0.25, 0.3) is 16.1 Å². The number of fused-ring (bicyclic) bond motifs is 1. The van der Waals surface area contributed by atoms with Crippen molar-refractivity contribution in [3.63, 3.8) is 0 Å². The van der Waals surface area contributed by atoms with Gasteiger partial charge >= 0.3 is 6.18 Å². The number of hydrogen-bond donors (Lipinski definition) is 2. The zero-order valence-electron chi connectivity index (χ0n) is 16.8. The Labute approximate surface area is 171 Å². The molecule has 0 aromatic carbocycles. The zero-order chi connectivity index (χ0) is 21.5. The molecule has 0 radical (unpaired) electrons. The molecule has 158 valence electrons. The minimum absolute atomic E-state index is 0.00811. The van der Waals surface area contributed by atoms with Gasteiger partial charge in [-0.3, -0.25) is 0 Å². The van der Waals surface area contributed by atoms with E-state index in [0.717, 1.165) is 35.6 Å². The third kappa shape index (κ3) is 3.88. The van der Waals surface area contributed by atoms with E-state index in [2.05, 4.69) is 28.9 Å². The maximum Gasteiger partial charge on any atom is 0.434 e. The summed E-state index contributed by atoms with van der Waals surface area (Å²) in [6.07, 6.45) is -2.83. The molecule has 29 heavy (non-hydrogen) atoms. The first-order chi connectivity index (χ1) is 13.6. The maximum atomic E-state index is 13.8. The number of thiazole rings is 1. The molecule has 0 aliphatic carbocycles. The van der Waals surface area contributed by atoms with Crippen LogP contribution < -0.4 is 11.5 Å². The number of nitrogens with two attached hydrogens (primary N) is 2. The first kappa shape index (κ1) is 21.7. The van der Waals surface area contributed by atoms with Crippen LogP contribution >= 0.6 is 11.3 Å². The summed E-state index contributed by atoms with van der Waals surface area (Å²) in [6, 6.07) is 1.19. The Bertz CT molecular complexity index is 1020. The van der Waals surface area contributed by atoms with E-state index in [9.17, 15) is 13.2 Å². The van der Waals surface area contributed by atoms with Crippen molar-refractivity contribution < 1.29 is 13.2 Å². The molecule has 3 rings (SSSR count). The predicted octanol–water partition coefficient (Wildman–Crippen LogP) is 4.35. The van der Waals surface area contributed by atoms with E-state index >= 15 is 0 Å². The molecule has 0 aliphatic heterocycles. The first-order valence-corrected chi connectivity index (χ1v) is 10.3. The lowest BCUT2D eigenvalue weighted by Gasteiger charge is -2.15. The molecule has 0 aliphatic rings. The number of rotatable bonds is 6.